The fourth-order valence-corrected chi connectivity index (χ4v) is 5.22. The molecule has 11 heteroatoms. The van der Waals surface area contributed by atoms with Gasteiger partial charge in [-0.25, -0.2) is 14.2 Å². The minimum atomic E-state index is -0.963. The molecule has 4 aromatic rings. The number of aromatic nitrogens is 3. The molecule has 2 aliphatic heterocycles. The Labute approximate surface area is 236 Å². The number of carboxylic acids is 1. The summed E-state index contributed by atoms with van der Waals surface area (Å²) in [5, 5.41) is 21.9. The van der Waals surface area contributed by atoms with Crippen LogP contribution in [0, 0.1) is 17.1 Å². The number of imidazole rings is 1. The molecule has 0 bridgehead atoms. The Hall–Kier alpha value is -4.53. The number of hydrogen-bond acceptors (Lipinski definition) is 8. The van der Waals surface area contributed by atoms with E-state index in [1.54, 1.807) is 42.5 Å². The SMILES string of the molecule is N#Cc1ccc(COc2cc(N[C@@H]3CCN(Cc4nc5ccc(C(=O)O)cc5n4C[C@@H]4CCO4)C3)ccc2F)nc1. The molecule has 2 atom stereocenters. The summed E-state index contributed by atoms with van der Waals surface area (Å²) in [7, 11) is 0. The molecule has 41 heavy (non-hydrogen) atoms. The summed E-state index contributed by atoms with van der Waals surface area (Å²) in [5.41, 5.74) is 3.63. The quantitative estimate of drug-likeness (QED) is 0.296. The molecule has 2 aromatic heterocycles. The van der Waals surface area contributed by atoms with Crippen LogP contribution in [-0.2, 0) is 24.4 Å². The summed E-state index contributed by atoms with van der Waals surface area (Å²) in [4.78, 5) is 22.9. The van der Waals surface area contributed by atoms with E-state index < -0.39 is 11.8 Å². The lowest BCUT2D eigenvalue weighted by Gasteiger charge is -2.28. The molecule has 2 saturated heterocycles. The van der Waals surface area contributed by atoms with Crippen LogP contribution in [-0.4, -0.2) is 62.4 Å². The molecule has 210 valence electrons. The van der Waals surface area contributed by atoms with E-state index >= 15 is 0 Å². The average molecular weight is 557 g/mol. The van der Waals surface area contributed by atoms with Crippen LogP contribution >= 0.6 is 0 Å². The van der Waals surface area contributed by atoms with Crippen molar-refractivity contribution in [1.29, 1.82) is 5.26 Å². The van der Waals surface area contributed by atoms with Gasteiger partial charge in [-0.15, -0.1) is 0 Å². The number of hydrogen-bond donors (Lipinski definition) is 2. The van der Waals surface area contributed by atoms with Crippen molar-refractivity contribution in [1.82, 2.24) is 19.4 Å². The van der Waals surface area contributed by atoms with E-state index in [0.29, 0.717) is 24.3 Å². The summed E-state index contributed by atoms with van der Waals surface area (Å²) in [6.45, 7) is 3.72. The maximum atomic E-state index is 14.4. The Bertz CT molecular complexity index is 1610. The number of benzene rings is 2. The first-order valence-corrected chi connectivity index (χ1v) is 13.6. The van der Waals surface area contributed by atoms with Crippen molar-refractivity contribution >= 4 is 22.7 Å². The maximum absolute atomic E-state index is 14.4. The van der Waals surface area contributed by atoms with Crippen LogP contribution in [0.2, 0.25) is 0 Å². The topological polar surface area (TPSA) is 126 Å². The van der Waals surface area contributed by atoms with E-state index in [0.717, 1.165) is 55.1 Å². The zero-order valence-electron chi connectivity index (χ0n) is 22.3. The van der Waals surface area contributed by atoms with E-state index in [4.69, 9.17) is 19.7 Å². The molecule has 0 radical (unpaired) electrons. The number of fused-ring (bicyclic) bond motifs is 1. The number of nitrogens with one attached hydrogen (secondary N) is 1. The van der Waals surface area contributed by atoms with Crippen LogP contribution in [0.3, 0.4) is 0 Å². The van der Waals surface area contributed by atoms with Gasteiger partial charge in [-0.2, -0.15) is 5.26 Å². The van der Waals surface area contributed by atoms with E-state index in [-0.39, 0.29) is 30.1 Å². The van der Waals surface area contributed by atoms with Crippen molar-refractivity contribution in [2.45, 2.75) is 44.7 Å². The van der Waals surface area contributed by atoms with Gasteiger partial charge >= 0.3 is 5.97 Å². The van der Waals surface area contributed by atoms with Crippen molar-refractivity contribution in [3.05, 3.63) is 83.2 Å². The number of nitriles is 1. The molecule has 2 aromatic carbocycles. The van der Waals surface area contributed by atoms with E-state index in [1.807, 2.05) is 6.07 Å². The fraction of sp³-hybridized carbons (Fsp3) is 0.333. The predicted molar refractivity (Wildman–Crippen MR) is 148 cm³/mol. The second-order valence-corrected chi connectivity index (χ2v) is 10.4. The molecule has 0 spiro atoms. The van der Waals surface area contributed by atoms with Gasteiger partial charge in [-0.3, -0.25) is 9.88 Å². The highest BCUT2D eigenvalue weighted by atomic mass is 19.1. The fourth-order valence-electron chi connectivity index (χ4n) is 5.22. The van der Waals surface area contributed by atoms with Gasteiger partial charge in [0.25, 0.3) is 0 Å². The molecular formula is C30H29FN6O4. The predicted octanol–water partition coefficient (Wildman–Crippen LogP) is 4.19. The van der Waals surface area contributed by atoms with Crippen LogP contribution in [0.15, 0.2) is 54.7 Å². The van der Waals surface area contributed by atoms with Crippen molar-refractivity contribution in [2.24, 2.45) is 0 Å². The van der Waals surface area contributed by atoms with Gasteiger partial charge in [0.05, 0.1) is 47.0 Å². The molecule has 2 fully saturated rings. The Morgan fingerprint density at radius 3 is 2.83 bits per heavy atom. The molecule has 0 saturated carbocycles. The Morgan fingerprint density at radius 2 is 2.10 bits per heavy atom. The average Bonchev–Trinajstić information content (AvgIpc) is 3.54. The molecule has 0 amide bonds. The van der Waals surface area contributed by atoms with Crippen molar-refractivity contribution < 1.29 is 23.8 Å². The lowest BCUT2D eigenvalue weighted by Crippen LogP contribution is -2.33. The molecule has 6 rings (SSSR count). The first kappa shape index (κ1) is 26.7. The third-order valence-corrected chi connectivity index (χ3v) is 7.52. The highest BCUT2D eigenvalue weighted by Gasteiger charge is 2.27. The second-order valence-electron chi connectivity index (χ2n) is 10.4. The third-order valence-electron chi connectivity index (χ3n) is 7.52. The van der Waals surface area contributed by atoms with Gasteiger partial charge < -0.3 is 24.5 Å². The number of anilines is 1. The number of halogens is 1. The number of carboxylic acid groups (broad SMARTS) is 1. The summed E-state index contributed by atoms with van der Waals surface area (Å²) in [6, 6.07) is 15.3. The van der Waals surface area contributed by atoms with Crippen LogP contribution < -0.4 is 10.1 Å². The number of likely N-dealkylation sites (tertiary alicyclic amines) is 1. The number of aromatic carboxylic acids is 1. The van der Waals surface area contributed by atoms with E-state index in [1.165, 1.54) is 12.3 Å². The van der Waals surface area contributed by atoms with Gasteiger partial charge in [0, 0.05) is 43.7 Å². The lowest BCUT2D eigenvalue weighted by atomic mass is 10.1. The third kappa shape index (κ3) is 5.99. The Kier molecular flexibility index (Phi) is 7.50. The van der Waals surface area contributed by atoms with Gasteiger partial charge in [-0.1, -0.05) is 0 Å². The smallest absolute Gasteiger partial charge is 0.335 e. The number of carbonyl (C=O) groups is 1. The summed E-state index contributed by atoms with van der Waals surface area (Å²) in [5.74, 6) is -0.413. The largest absolute Gasteiger partial charge is 0.484 e. The zero-order valence-corrected chi connectivity index (χ0v) is 22.3. The number of ether oxygens (including phenoxy) is 2. The van der Waals surface area contributed by atoms with Gasteiger partial charge in [-0.05, 0) is 55.3 Å². The van der Waals surface area contributed by atoms with Crippen molar-refractivity contribution in [3.63, 3.8) is 0 Å². The molecule has 0 unspecified atom stereocenters. The van der Waals surface area contributed by atoms with Crippen molar-refractivity contribution in [3.8, 4) is 11.8 Å². The van der Waals surface area contributed by atoms with Crippen LogP contribution in [0.5, 0.6) is 5.75 Å². The summed E-state index contributed by atoms with van der Waals surface area (Å²) in [6.07, 6.45) is 3.44. The normalized spacial score (nSPS) is 18.6. The van der Waals surface area contributed by atoms with E-state index in [9.17, 15) is 14.3 Å². The Balaban J connectivity index is 1.11. The standard InChI is InChI=1S/C30H29FN6O4/c31-25-5-4-21(12-28(25)41-18-23-3-1-19(13-32)14-33-23)34-22-7-9-36(15-22)17-29-35-26-6-2-20(30(38)39)11-27(26)37(29)16-24-8-10-40-24/h1-6,11-12,14,22,24,34H,7-10,15-18H2,(H,38,39)/t22-,24+/m1/s1. The molecule has 10 nitrogen and oxygen atoms in total. The molecule has 0 aliphatic carbocycles. The van der Waals surface area contributed by atoms with Gasteiger partial charge in [0.1, 0.15) is 18.5 Å². The molecule has 4 heterocycles. The summed E-state index contributed by atoms with van der Waals surface area (Å²) < 4.78 is 27.9. The first-order valence-electron chi connectivity index (χ1n) is 13.6. The Morgan fingerprint density at radius 1 is 1.22 bits per heavy atom. The number of rotatable bonds is 10. The summed E-state index contributed by atoms with van der Waals surface area (Å²) >= 11 is 0. The monoisotopic (exact) mass is 556 g/mol. The van der Waals surface area contributed by atoms with Gasteiger partial charge in [0.2, 0.25) is 0 Å². The minimum absolute atomic E-state index is 0.0874. The molecular weight excluding hydrogens is 527 g/mol. The minimum Gasteiger partial charge on any atom is -0.484 e. The van der Waals surface area contributed by atoms with E-state index in [2.05, 4.69) is 19.8 Å². The highest BCUT2D eigenvalue weighted by Crippen LogP contribution is 2.27. The second kappa shape index (κ2) is 11.5. The number of pyridine rings is 1. The highest BCUT2D eigenvalue weighted by molar-refractivity contribution is 5.92. The van der Waals surface area contributed by atoms with Crippen molar-refractivity contribution in [2.75, 3.05) is 25.0 Å². The zero-order chi connectivity index (χ0) is 28.3. The number of nitrogens with zero attached hydrogens (tertiary/aromatic N) is 5. The maximum Gasteiger partial charge on any atom is 0.335 e. The molecule has 2 aliphatic rings. The molecule has 2 N–H and O–H groups in total. The van der Waals surface area contributed by atoms with Crippen LogP contribution in [0.25, 0.3) is 11.0 Å². The lowest BCUT2D eigenvalue weighted by molar-refractivity contribution is -0.0591. The van der Waals surface area contributed by atoms with Crippen LogP contribution in [0.1, 0.15) is 40.3 Å². The van der Waals surface area contributed by atoms with Gasteiger partial charge in [0.15, 0.2) is 11.6 Å². The van der Waals surface area contributed by atoms with Crippen LogP contribution in [0.4, 0.5) is 10.1 Å². The first-order chi connectivity index (χ1) is 19.9.